The van der Waals surface area contributed by atoms with E-state index in [0.29, 0.717) is 19.0 Å². The summed E-state index contributed by atoms with van der Waals surface area (Å²) in [6, 6.07) is 5.59. The number of hydrogen-bond donors (Lipinski definition) is 0. The number of fused-ring (bicyclic) bond motifs is 1. The molecule has 24 heavy (non-hydrogen) atoms. The van der Waals surface area contributed by atoms with E-state index < -0.39 is 0 Å². The fourth-order valence-electron chi connectivity index (χ4n) is 2.83. The molecule has 0 aliphatic carbocycles. The molecule has 122 valence electrons. The first-order chi connectivity index (χ1) is 11.8. The van der Waals surface area contributed by atoms with Gasteiger partial charge in [-0.1, -0.05) is 0 Å². The van der Waals surface area contributed by atoms with Gasteiger partial charge in [0.2, 0.25) is 11.8 Å². The largest absolute Gasteiger partial charge is 0.481 e. The Kier molecular flexibility index (Phi) is 3.73. The van der Waals surface area contributed by atoms with Crippen molar-refractivity contribution in [2.75, 3.05) is 36.5 Å². The van der Waals surface area contributed by atoms with Gasteiger partial charge in [-0.2, -0.15) is 0 Å². The van der Waals surface area contributed by atoms with Gasteiger partial charge in [-0.3, -0.25) is 4.79 Å². The molecule has 3 aromatic rings. The van der Waals surface area contributed by atoms with Gasteiger partial charge < -0.3 is 14.5 Å². The average molecular weight is 341 g/mol. The van der Waals surface area contributed by atoms with Gasteiger partial charge in [0, 0.05) is 25.4 Å². The van der Waals surface area contributed by atoms with Crippen LogP contribution in [0, 0.1) is 0 Å². The van der Waals surface area contributed by atoms with Crippen LogP contribution in [0.15, 0.2) is 36.1 Å². The molecule has 7 nitrogen and oxygen atoms in total. The highest BCUT2D eigenvalue weighted by molar-refractivity contribution is 7.16. The van der Waals surface area contributed by atoms with E-state index in [-0.39, 0.29) is 12.5 Å². The minimum absolute atomic E-state index is 0.0245. The number of ether oxygens (including phenoxy) is 1. The normalized spacial score (nSPS) is 15.1. The fraction of sp³-hybridized carbons (Fsp3) is 0.250. The third-order valence-electron chi connectivity index (χ3n) is 4.00. The van der Waals surface area contributed by atoms with Crippen LogP contribution in [0.5, 0.6) is 5.88 Å². The highest BCUT2D eigenvalue weighted by Crippen LogP contribution is 2.28. The quantitative estimate of drug-likeness (QED) is 0.725. The number of anilines is 2. The highest BCUT2D eigenvalue weighted by atomic mass is 32.1. The Balaban J connectivity index is 1.58. The lowest BCUT2D eigenvalue weighted by Gasteiger charge is -2.35. The molecule has 1 fully saturated rings. The molecule has 0 unspecified atom stereocenters. The Bertz CT molecular complexity index is 897. The first-order valence-corrected chi connectivity index (χ1v) is 8.38. The predicted molar refractivity (Wildman–Crippen MR) is 92.8 cm³/mol. The SMILES string of the molecule is COc1cc(N2CCN(c3ncnc4sccc34)CC2=O)ccn1. The molecule has 3 aromatic heterocycles. The molecular weight excluding hydrogens is 326 g/mol. The summed E-state index contributed by atoms with van der Waals surface area (Å²) in [4.78, 5) is 30.1. The second-order valence-corrected chi connectivity index (χ2v) is 6.25. The minimum Gasteiger partial charge on any atom is -0.481 e. The fourth-order valence-corrected chi connectivity index (χ4v) is 3.56. The number of carbonyl (C=O) groups excluding carboxylic acids is 1. The summed E-state index contributed by atoms with van der Waals surface area (Å²) in [6.45, 7) is 1.58. The van der Waals surface area contributed by atoms with Crippen LogP contribution in [0.25, 0.3) is 10.2 Å². The Morgan fingerprint density at radius 1 is 1.21 bits per heavy atom. The molecular formula is C16H15N5O2S. The van der Waals surface area contributed by atoms with Gasteiger partial charge in [0.15, 0.2) is 0 Å². The minimum atomic E-state index is 0.0245. The average Bonchev–Trinajstić information content (AvgIpc) is 3.10. The summed E-state index contributed by atoms with van der Waals surface area (Å²) >= 11 is 1.57. The van der Waals surface area contributed by atoms with Crippen molar-refractivity contribution in [1.29, 1.82) is 0 Å². The molecule has 1 aliphatic heterocycles. The van der Waals surface area contributed by atoms with E-state index in [0.717, 1.165) is 21.7 Å². The van der Waals surface area contributed by atoms with Crippen molar-refractivity contribution in [3.05, 3.63) is 36.1 Å². The number of amides is 1. The van der Waals surface area contributed by atoms with Gasteiger partial charge >= 0.3 is 0 Å². The Labute approximate surface area is 142 Å². The van der Waals surface area contributed by atoms with Crippen molar-refractivity contribution in [3.8, 4) is 5.88 Å². The summed E-state index contributed by atoms with van der Waals surface area (Å²) in [5.74, 6) is 1.34. The molecule has 0 bridgehead atoms. The summed E-state index contributed by atoms with van der Waals surface area (Å²) in [5.41, 5.74) is 0.801. The lowest BCUT2D eigenvalue weighted by Crippen LogP contribution is -2.51. The van der Waals surface area contributed by atoms with Gasteiger partial charge in [-0.05, 0) is 17.5 Å². The Morgan fingerprint density at radius 3 is 2.96 bits per heavy atom. The summed E-state index contributed by atoms with van der Waals surface area (Å²) < 4.78 is 5.14. The van der Waals surface area contributed by atoms with E-state index in [1.807, 2.05) is 22.4 Å². The summed E-state index contributed by atoms with van der Waals surface area (Å²) in [6.07, 6.45) is 3.20. The maximum atomic E-state index is 12.6. The zero-order chi connectivity index (χ0) is 16.5. The maximum absolute atomic E-state index is 12.6. The molecule has 0 aromatic carbocycles. The van der Waals surface area contributed by atoms with E-state index in [1.54, 1.807) is 41.9 Å². The standard InChI is InChI=1S/C16H15N5O2S/c1-23-13-8-11(2-4-17-13)21-6-5-20(9-14(21)22)15-12-3-7-24-16(12)19-10-18-15/h2-4,7-8,10H,5-6,9H2,1H3. The van der Waals surface area contributed by atoms with Crippen LogP contribution in [0.2, 0.25) is 0 Å². The van der Waals surface area contributed by atoms with Gasteiger partial charge in [-0.15, -0.1) is 11.3 Å². The van der Waals surface area contributed by atoms with Crippen LogP contribution in [0.3, 0.4) is 0 Å². The molecule has 4 rings (SSSR count). The Hall–Kier alpha value is -2.74. The zero-order valence-corrected chi connectivity index (χ0v) is 13.9. The number of thiophene rings is 1. The second-order valence-electron chi connectivity index (χ2n) is 5.36. The molecule has 0 saturated carbocycles. The maximum Gasteiger partial charge on any atom is 0.246 e. The molecule has 4 heterocycles. The second kappa shape index (κ2) is 6.04. The van der Waals surface area contributed by atoms with Crippen LogP contribution in [-0.4, -0.2) is 47.6 Å². The number of nitrogens with zero attached hydrogens (tertiary/aromatic N) is 5. The number of aromatic nitrogens is 3. The van der Waals surface area contributed by atoms with E-state index >= 15 is 0 Å². The van der Waals surface area contributed by atoms with Crippen molar-refractivity contribution in [3.63, 3.8) is 0 Å². The number of rotatable bonds is 3. The van der Waals surface area contributed by atoms with Crippen LogP contribution >= 0.6 is 11.3 Å². The highest BCUT2D eigenvalue weighted by Gasteiger charge is 2.27. The third kappa shape index (κ3) is 2.54. The number of piperazine rings is 1. The number of methoxy groups -OCH3 is 1. The molecule has 0 atom stereocenters. The summed E-state index contributed by atoms with van der Waals surface area (Å²) in [5, 5.41) is 2.98. The summed E-state index contributed by atoms with van der Waals surface area (Å²) in [7, 11) is 1.56. The van der Waals surface area contributed by atoms with Crippen LogP contribution < -0.4 is 14.5 Å². The van der Waals surface area contributed by atoms with Crippen molar-refractivity contribution in [1.82, 2.24) is 15.0 Å². The smallest absolute Gasteiger partial charge is 0.246 e. The molecule has 0 N–H and O–H groups in total. The lowest BCUT2D eigenvalue weighted by atomic mass is 10.2. The van der Waals surface area contributed by atoms with E-state index in [9.17, 15) is 4.79 Å². The van der Waals surface area contributed by atoms with E-state index in [1.165, 1.54) is 0 Å². The number of pyridine rings is 1. The molecule has 1 saturated heterocycles. The van der Waals surface area contributed by atoms with Crippen LogP contribution in [0.1, 0.15) is 0 Å². The molecule has 0 spiro atoms. The van der Waals surface area contributed by atoms with Crippen LogP contribution in [0.4, 0.5) is 11.5 Å². The molecule has 0 radical (unpaired) electrons. The number of carbonyl (C=O) groups is 1. The molecule has 8 heteroatoms. The zero-order valence-electron chi connectivity index (χ0n) is 13.0. The van der Waals surface area contributed by atoms with Crippen molar-refractivity contribution in [2.24, 2.45) is 0 Å². The predicted octanol–water partition coefficient (Wildman–Crippen LogP) is 1.95. The van der Waals surface area contributed by atoms with Crippen molar-refractivity contribution in [2.45, 2.75) is 0 Å². The Morgan fingerprint density at radius 2 is 2.12 bits per heavy atom. The molecule has 1 amide bonds. The van der Waals surface area contributed by atoms with Crippen molar-refractivity contribution >= 4 is 39.0 Å². The number of hydrogen-bond acceptors (Lipinski definition) is 7. The van der Waals surface area contributed by atoms with Gasteiger partial charge in [0.05, 0.1) is 24.7 Å². The monoisotopic (exact) mass is 341 g/mol. The first-order valence-electron chi connectivity index (χ1n) is 7.50. The van der Waals surface area contributed by atoms with E-state index in [4.69, 9.17) is 4.74 Å². The van der Waals surface area contributed by atoms with E-state index in [2.05, 4.69) is 15.0 Å². The van der Waals surface area contributed by atoms with Gasteiger partial charge in [0.1, 0.15) is 17.0 Å². The van der Waals surface area contributed by atoms with Gasteiger partial charge in [-0.25, -0.2) is 15.0 Å². The lowest BCUT2D eigenvalue weighted by molar-refractivity contribution is -0.117. The third-order valence-corrected chi connectivity index (χ3v) is 4.82. The van der Waals surface area contributed by atoms with Crippen molar-refractivity contribution < 1.29 is 9.53 Å². The topological polar surface area (TPSA) is 71.5 Å². The van der Waals surface area contributed by atoms with Crippen LogP contribution in [-0.2, 0) is 4.79 Å². The molecule has 1 aliphatic rings. The van der Waals surface area contributed by atoms with Gasteiger partial charge in [0.25, 0.3) is 0 Å². The first kappa shape index (κ1) is 14.8.